The number of furan rings is 1. The molecule has 2 heterocycles. The molecule has 7 heteroatoms. The molecule has 0 aliphatic carbocycles. The summed E-state index contributed by atoms with van der Waals surface area (Å²) in [4.78, 5) is 28.5. The van der Waals surface area contributed by atoms with E-state index in [0.717, 1.165) is 45.0 Å². The summed E-state index contributed by atoms with van der Waals surface area (Å²) in [6.07, 6.45) is 3.38. The van der Waals surface area contributed by atoms with Gasteiger partial charge < -0.3 is 19.8 Å². The number of halogens is 1. The summed E-state index contributed by atoms with van der Waals surface area (Å²) >= 11 is 6.02. The summed E-state index contributed by atoms with van der Waals surface area (Å²) in [6, 6.07) is 19.9. The van der Waals surface area contributed by atoms with Crippen LogP contribution in [0.4, 0.5) is 0 Å². The molecule has 0 radical (unpaired) electrons. The SMILES string of the molecule is CCCc1c(C(=O)NC(Cc2c[nH]c3ccccc23)C(=O)O)oc2cc(-c3ccc(Cl)cc3)ccc12. The molecule has 182 valence electrons. The molecule has 1 atom stereocenters. The van der Waals surface area contributed by atoms with Crippen molar-refractivity contribution in [3.63, 3.8) is 0 Å². The maximum atomic E-state index is 13.3. The van der Waals surface area contributed by atoms with E-state index in [1.165, 1.54) is 0 Å². The zero-order valence-corrected chi connectivity index (χ0v) is 20.4. The molecule has 5 rings (SSSR count). The van der Waals surface area contributed by atoms with Gasteiger partial charge in [-0.05, 0) is 47.4 Å². The molecule has 0 saturated heterocycles. The maximum absolute atomic E-state index is 13.3. The van der Waals surface area contributed by atoms with Crippen LogP contribution < -0.4 is 5.32 Å². The van der Waals surface area contributed by atoms with Crippen LogP contribution in [0.15, 0.2) is 77.3 Å². The number of carboxylic acid groups (broad SMARTS) is 1. The number of rotatable bonds is 8. The third-order valence-electron chi connectivity index (χ3n) is 6.38. The Bertz CT molecular complexity index is 1570. The number of aliphatic carboxylic acids is 1. The number of nitrogens with one attached hydrogen (secondary N) is 2. The zero-order valence-electron chi connectivity index (χ0n) is 19.7. The van der Waals surface area contributed by atoms with Gasteiger partial charge in [0.1, 0.15) is 11.6 Å². The summed E-state index contributed by atoms with van der Waals surface area (Å²) in [5.74, 6) is -1.48. The Morgan fingerprint density at radius 1 is 1.03 bits per heavy atom. The van der Waals surface area contributed by atoms with E-state index in [-0.39, 0.29) is 12.2 Å². The van der Waals surface area contributed by atoms with Gasteiger partial charge in [-0.25, -0.2) is 4.79 Å². The topological polar surface area (TPSA) is 95.3 Å². The third kappa shape index (κ3) is 4.60. The van der Waals surface area contributed by atoms with Crippen LogP contribution in [0.2, 0.25) is 5.02 Å². The van der Waals surface area contributed by atoms with Crippen molar-refractivity contribution in [1.29, 1.82) is 0 Å². The van der Waals surface area contributed by atoms with Gasteiger partial charge in [0, 0.05) is 39.5 Å². The first kappa shape index (κ1) is 23.7. The van der Waals surface area contributed by atoms with Crippen LogP contribution in [0.3, 0.4) is 0 Å². The first-order chi connectivity index (χ1) is 17.4. The fourth-order valence-electron chi connectivity index (χ4n) is 4.60. The van der Waals surface area contributed by atoms with Crippen molar-refractivity contribution >= 4 is 45.3 Å². The summed E-state index contributed by atoms with van der Waals surface area (Å²) in [7, 11) is 0. The molecule has 0 aliphatic rings. The summed E-state index contributed by atoms with van der Waals surface area (Å²) < 4.78 is 6.05. The molecule has 0 bridgehead atoms. The third-order valence-corrected chi connectivity index (χ3v) is 6.63. The quantitative estimate of drug-likeness (QED) is 0.223. The van der Waals surface area contributed by atoms with Gasteiger partial charge in [-0.3, -0.25) is 4.79 Å². The van der Waals surface area contributed by atoms with Crippen molar-refractivity contribution < 1.29 is 19.1 Å². The highest BCUT2D eigenvalue weighted by Crippen LogP contribution is 2.32. The number of hydrogen-bond donors (Lipinski definition) is 3. The summed E-state index contributed by atoms with van der Waals surface area (Å²) in [5.41, 5.74) is 5.02. The molecule has 6 nitrogen and oxygen atoms in total. The second-order valence-corrected chi connectivity index (χ2v) is 9.24. The fourth-order valence-corrected chi connectivity index (χ4v) is 4.72. The van der Waals surface area contributed by atoms with Crippen LogP contribution in [-0.2, 0) is 17.6 Å². The number of H-pyrrole nitrogens is 1. The summed E-state index contributed by atoms with van der Waals surface area (Å²) in [6.45, 7) is 2.03. The normalized spacial score (nSPS) is 12.2. The minimum Gasteiger partial charge on any atom is -0.480 e. The summed E-state index contributed by atoms with van der Waals surface area (Å²) in [5, 5.41) is 15.0. The number of fused-ring (bicyclic) bond motifs is 2. The number of aryl methyl sites for hydroxylation is 1. The Hall–Kier alpha value is -4.03. The molecule has 0 fully saturated rings. The molecule has 1 amide bonds. The van der Waals surface area contributed by atoms with Gasteiger partial charge in [-0.2, -0.15) is 0 Å². The number of para-hydroxylation sites is 1. The lowest BCUT2D eigenvalue weighted by Gasteiger charge is -2.14. The Morgan fingerprint density at radius 2 is 1.78 bits per heavy atom. The maximum Gasteiger partial charge on any atom is 0.326 e. The van der Waals surface area contributed by atoms with Crippen molar-refractivity contribution in [2.24, 2.45) is 0 Å². The van der Waals surface area contributed by atoms with Crippen LogP contribution in [0.5, 0.6) is 0 Å². The number of aromatic amines is 1. The van der Waals surface area contributed by atoms with Crippen molar-refractivity contribution in [3.05, 3.63) is 94.8 Å². The monoisotopic (exact) mass is 500 g/mol. The predicted octanol–water partition coefficient (Wildman–Crippen LogP) is 6.61. The van der Waals surface area contributed by atoms with Gasteiger partial charge in [-0.15, -0.1) is 0 Å². The second kappa shape index (κ2) is 9.91. The molecule has 1 unspecified atom stereocenters. The number of carbonyl (C=O) groups excluding carboxylic acids is 1. The molecule has 5 aromatic rings. The van der Waals surface area contributed by atoms with Gasteiger partial charge in [0.15, 0.2) is 5.76 Å². The molecule has 0 aliphatic heterocycles. The Kier molecular flexibility index (Phi) is 6.53. The molecular weight excluding hydrogens is 476 g/mol. The molecule has 3 aromatic carbocycles. The van der Waals surface area contributed by atoms with Gasteiger partial charge in [0.2, 0.25) is 0 Å². The lowest BCUT2D eigenvalue weighted by atomic mass is 10.0. The highest BCUT2D eigenvalue weighted by Gasteiger charge is 2.27. The van der Waals surface area contributed by atoms with Crippen LogP contribution in [0.1, 0.15) is 35.0 Å². The average Bonchev–Trinajstić information content (AvgIpc) is 3.45. The lowest BCUT2D eigenvalue weighted by molar-refractivity contribution is -0.139. The van der Waals surface area contributed by atoms with Crippen molar-refractivity contribution in [1.82, 2.24) is 10.3 Å². The highest BCUT2D eigenvalue weighted by atomic mass is 35.5. The molecule has 0 spiro atoms. The average molecular weight is 501 g/mol. The van der Waals surface area contributed by atoms with Crippen LogP contribution in [-0.4, -0.2) is 28.0 Å². The first-order valence-corrected chi connectivity index (χ1v) is 12.2. The highest BCUT2D eigenvalue weighted by molar-refractivity contribution is 6.30. The number of carboxylic acids is 1. The zero-order chi connectivity index (χ0) is 25.2. The van der Waals surface area contributed by atoms with Gasteiger partial charge in [0.05, 0.1) is 0 Å². The van der Waals surface area contributed by atoms with Crippen molar-refractivity contribution in [2.45, 2.75) is 32.2 Å². The van der Waals surface area contributed by atoms with E-state index in [0.29, 0.717) is 17.0 Å². The second-order valence-electron chi connectivity index (χ2n) is 8.81. The minimum absolute atomic E-state index is 0.148. The van der Waals surface area contributed by atoms with Crippen LogP contribution in [0, 0.1) is 0 Å². The number of benzene rings is 3. The minimum atomic E-state index is -1.11. The van der Waals surface area contributed by atoms with E-state index in [9.17, 15) is 14.7 Å². The molecular formula is C29H25ClN2O4. The Labute approximate surface area is 212 Å². The van der Waals surface area contributed by atoms with E-state index in [1.54, 1.807) is 6.20 Å². The standard InChI is InChI=1S/C29H25ClN2O4/c1-2-5-23-22-13-10-18(17-8-11-20(30)12-9-17)15-26(22)36-27(23)28(33)32-25(29(34)35)14-19-16-31-24-7-4-3-6-21(19)24/h3-4,6-13,15-16,25,31H,2,5,14H2,1H3,(H,32,33)(H,34,35). The largest absolute Gasteiger partial charge is 0.480 e. The van der Waals surface area contributed by atoms with E-state index in [1.807, 2.05) is 73.7 Å². The predicted molar refractivity (Wildman–Crippen MR) is 142 cm³/mol. The number of amides is 1. The van der Waals surface area contributed by atoms with Crippen molar-refractivity contribution in [2.75, 3.05) is 0 Å². The number of aromatic nitrogens is 1. The number of hydrogen-bond acceptors (Lipinski definition) is 3. The lowest BCUT2D eigenvalue weighted by Crippen LogP contribution is -2.42. The molecule has 0 saturated carbocycles. The molecule has 2 aromatic heterocycles. The molecule has 3 N–H and O–H groups in total. The van der Waals surface area contributed by atoms with E-state index >= 15 is 0 Å². The Balaban J connectivity index is 1.45. The first-order valence-electron chi connectivity index (χ1n) is 11.8. The Morgan fingerprint density at radius 3 is 2.53 bits per heavy atom. The van der Waals surface area contributed by atoms with Crippen LogP contribution in [0.25, 0.3) is 33.0 Å². The smallest absolute Gasteiger partial charge is 0.326 e. The van der Waals surface area contributed by atoms with Gasteiger partial charge in [-0.1, -0.05) is 67.4 Å². The van der Waals surface area contributed by atoms with Gasteiger partial charge >= 0.3 is 5.97 Å². The van der Waals surface area contributed by atoms with E-state index < -0.39 is 17.9 Å². The van der Waals surface area contributed by atoms with Crippen LogP contribution >= 0.6 is 11.6 Å². The van der Waals surface area contributed by atoms with E-state index in [2.05, 4.69) is 10.3 Å². The number of carbonyl (C=O) groups is 2. The van der Waals surface area contributed by atoms with Gasteiger partial charge in [0.25, 0.3) is 5.91 Å². The molecule has 36 heavy (non-hydrogen) atoms. The van der Waals surface area contributed by atoms with Crippen molar-refractivity contribution in [3.8, 4) is 11.1 Å². The fraction of sp³-hybridized carbons (Fsp3) is 0.172. The van der Waals surface area contributed by atoms with E-state index in [4.69, 9.17) is 16.0 Å².